The zero-order chi connectivity index (χ0) is 11.3. The van der Waals surface area contributed by atoms with Crippen molar-refractivity contribution in [2.75, 3.05) is 13.2 Å². The van der Waals surface area contributed by atoms with Crippen molar-refractivity contribution in [1.82, 2.24) is 9.97 Å². The molecule has 0 aliphatic rings. The molecule has 0 aliphatic heterocycles. The number of hydrogen-bond acceptors (Lipinski definition) is 4. The molecule has 84 valence electrons. The molecule has 0 radical (unpaired) electrons. The third kappa shape index (κ3) is 5.27. The fourth-order valence-electron chi connectivity index (χ4n) is 0.894. The number of rotatable bonds is 4. The normalized spacial score (nSPS) is 11.5. The molecule has 0 spiro atoms. The number of nitrogens with zero attached hydrogens (tertiary/aromatic N) is 2. The molecule has 15 heavy (non-hydrogen) atoms. The summed E-state index contributed by atoms with van der Waals surface area (Å²) in [5.41, 5.74) is -0.123. The number of hydrogen-bond donors (Lipinski definition) is 0. The van der Waals surface area contributed by atoms with Gasteiger partial charge in [-0.1, -0.05) is 0 Å². The molecule has 0 aromatic carbocycles. The van der Waals surface area contributed by atoms with E-state index in [2.05, 4.69) is 32.6 Å². The van der Waals surface area contributed by atoms with Crippen molar-refractivity contribution in [1.29, 1.82) is 0 Å². The predicted octanol–water partition coefficient (Wildman–Crippen LogP) is 2.28. The van der Waals surface area contributed by atoms with Crippen LogP contribution in [0.2, 0.25) is 0 Å². The molecule has 1 heterocycles. The van der Waals surface area contributed by atoms with Crippen LogP contribution in [0.5, 0.6) is 5.88 Å². The van der Waals surface area contributed by atoms with E-state index in [1.165, 1.54) is 6.33 Å². The van der Waals surface area contributed by atoms with Gasteiger partial charge in [-0.05, 0) is 43.4 Å². The van der Waals surface area contributed by atoms with Crippen LogP contribution in [0.3, 0.4) is 0 Å². The van der Waals surface area contributed by atoms with Gasteiger partial charge in [0.25, 0.3) is 0 Å². The molecule has 0 saturated carbocycles. The number of halogens is 1. The lowest BCUT2D eigenvalue weighted by molar-refractivity contribution is -0.0169. The van der Waals surface area contributed by atoms with E-state index in [1.54, 1.807) is 6.20 Å². The summed E-state index contributed by atoms with van der Waals surface area (Å²) in [4.78, 5) is 7.90. The van der Waals surface area contributed by atoms with Gasteiger partial charge in [0.05, 0.1) is 15.8 Å². The fraction of sp³-hybridized carbons (Fsp3) is 0.600. The van der Waals surface area contributed by atoms with Gasteiger partial charge in [0, 0.05) is 6.20 Å². The van der Waals surface area contributed by atoms with Crippen molar-refractivity contribution in [2.45, 2.75) is 26.4 Å². The van der Waals surface area contributed by atoms with Crippen LogP contribution in [0.15, 0.2) is 12.5 Å². The Morgan fingerprint density at radius 2 is 2.07 bits per heavy atom. The maximum atomic E-state index is 5.52. The van der Waals surface area contributed by atoms with Crippen LogP contribution in [0.1, 0.15) is 20.8 Å². The van der Waals surface area contributed by atoms with Crippen LogP contribution in [-0.2, 0) is 4.74 Å². The van der Waals surface area contributed by atoms with E-state index in [4.69, 9.17) is 9.47 Å². The zero-order valence-electron chi connectivity index (χ0n) is 9.16. The Bertz CT molecular complexity index is 313. The number of aromatic nitrogens is 2. The molecule has 1 rings (SSSR count). The predicted molar refractivity (Wildman–Crippen MR) is 65.9 cm³/mol. The SMILES string of the molecule is CC(C)(C)OCCOc1ncncc1I. The van der Waals surface area contributed by atoms with Gasteiger partial charge >= 0.3 is 0 Å². The molecule has 0 bridgehead atoms. The molecular weight excluding hydrogens is 307 g/mol. The molecule has 0 atom stereocenters. The first-order valence-electron chi connectivity index (χ1n) is 4.71. The van der Waals surface area contributed by atoms with E-state index in [-0.39, 0.29) is 5.60 Å². The van der Waals surface area contributed by atoms with Crippen LogP contribution < -0.4 is 4.74 Å². The lowest BCUT2D eigenvalue weighted by Crippen LogP contribution is -2.22. The molecule has 0 aliphatic carbocycles. The molecule has 0 fully saturated rings. The molecule has 4 nitrogen and oxygen atoms in total. The van der Waals surface area contributed by atoms with Crippen molar-refractivity contribution < 1.29 is 9.47 Å². The second-order valence-electron chi connectivity index (χ2n) is 3.99. The fourth-order valence-corrected chi connectivity index (χ4v) is 1.35. The first-order valence-corrected chi connectivity index (χ1v) is 5.79. The van der Waals surface area contributed by atoms with Crippen LogP contribution in [0, 0.1) is 3.57 Å². The summed E-state index contributed by atoms with van der Waals surface area (Å²) >= 11 is 2.14. The Labute approximate surface area is 104 Å². The standard InChI is InChI=1S/C10H15IN2O2/c1-10(2,3)15-5-4-14-9-8(11)6-12-7-13-9/h6-7H,4-5H2,1-3H3. The summed E-state index contributed by atoms with van der Waals surface area (Å²) in [5.74, 6) is 0.614. The maximum Gasteiger partial charge on any atom is 0.230 e. The Morgan fingerprint density at radius 1 is 1.33 bits per heavy atom. The Morgan fingerprint density at radius 3 is 2.67 bits per heavy atom. The van der Waals surface area contributed by atoms with E-state index < -0.39 is 0 Å². The van der Waals surface area contributed by atoms with Gasteiger partial charge in [-0.3, -0.25) is 0 Å². The highest BCUT2D eigenvalue weighted by Gasteiger charge is 2.09. The van der Waals surface area contributed by atoms with E-state index in [0.29, 0.717) is 19.1 Å². The molecule has 1 aromatic heterocycles. The second-order valence-corrected chi connectivity index (χ2v) is 5.15. The van der Waals surface area contributed by atoms with Gasteiger partial charge in [-0.2, -0.15) is 0 Å². The Hall–Kier alpha value is -0.430. The van der Waals surface area contributed by atoms with Gasteiger partial charge < -0.3 is 9.47 Å². The highest BCUT2D eigenvalue weighted by atomic mass is 127. The maximum absolute atomic E-state index is 5.52. The van der Waals surface area contributed by atoms with Crippen molar-refractivity contribution in [2.24, 2.45) is 0 Å². The van der Waals surface area contributed by atoms with Gasteiger partial charge in [-0.15, -0.1) is 0 Å². The van der Waals surface area contributed by atoms with E-state index in [0.717, 1.165) is 3.57 Å². The summed E-state index contributed by atoms with van der Waals surface area (Å²) in [7, 11) is 0. The highest BCUT2D eigenvalue weighted by Crippen LogP contribution is 2.15. The summed E-state index contributed by atoms with van der Waals surface area (Å²) in [6, 6.07) is 0. The quantitative estimate of drug-likeness (QED) is 0.630. The Kier molecular flexibility index (Phi) is 4.72. The smallest absolute Gasteiger partial charge is 0.230 e. The van der Waals surface area contributed by atoms with Gasteiger partial charge in [0.15, 0.2) is 0 Å². The molecule has 1 aromatic rings. The van der Waals surface area contributed by atoms with Crippen molar-refractivity contribution in [3.05, 3.63) is 16.1 Å². The lowest BCUT2D eigenvalue weighted by atomic mass is 10.2. The molecule has 0 amide bonds. The third-order valence-electron chi connectivity index (χ3n) is 1.49. The lowest BCUT2D eigenvalue weighted by Gasteiger charge is -2.19. The molecular formula is C10H15IN2O2. The summed E-state index contributed by atoms with van der Waals surface area (Å²) in [6.45, 7) is 7.11. The summed E-state index contributed by atoms with van der Waals surface area (Å²) < 4.78 is 11.9. The minimum Gasteiger partial charge on any atom is -0.474 e. The van der Waals surface area contributed by atoms with Gasteiger partial charge in [0.1, 0.15) is 12.9 Å². The zero-order valence-corrected chi connectivity index (χ0v) is 11.3. The Balaban J connectivity index is 2.30. The van der Waals surface area contributed by atoms with Crippen LogP contribution >= 0.6 is 22.6 Å². The average molecular weight is 322 g/mol. The summed E-state index contributed by atoms with van der Waals surface area (Å²) in [6.07, 6.45) is 3.19. The average Bonchev–Trinajstić information content (AvgIpc) is 2.13. The van der Waals surface area contributed by atoms with Crippen LogP contribution in [-0.4, -0.2) is 28.8 Å². The molecule has 0 unspecified atom stereocenters. The van der Waals surface area contributed by atoms with Crippen LogP contribution in [0.4, 0.5) is 0 Å². The van der Waals surface area contributed by atoms with Gasteiger partial charge in [-0.25, -0.2) is 9.97 Å². The van der Waals surface area contributed by atoms with E-state index >= 15 is 0 Å². The molecule has 0 saturated heterocycles. The monoisotopic (exact) mass is 322 g/mol. The van der Waals surface area contributed by atoms with Crippen molar-refractivity contribution in [3.63, 3.8) is 0 Å². The highest BCUT2D eigenvalue weighted by molar-refractivity contribution is 14.1. The van der Waals surface area contributed by atoms with Crippen molar-refractivity contribution >= 4 is 22.6 Å². The minimum atomic E-state index is -0.123. The second kappa shape index (κ2) is 5.60. The molecule has 0 N–H and O–H groups in total. The van der Waals surface area contributed by atoms with E-state index in [9.17, 15) is 0 Å². The van der Waals surface area contributed by atoms with Crippen LogP contribution in [0.25, 0.3) is 0 Å². The minimum absolute atomic E-state index is 0.123. The molecule has 5 heteroatoms. The van der Waals surface area contributed by atoms with Crippen molar-refractivity contribution in [3.8, 4) is 5.88 Å². The largest absolute Gasteiger partial charge is 0.474 e. The first kappa shape index (κ1) is 12.6. The third-order valence-corrected chi connectivity index (χ3v) is 2.23. The number of ether oxygens (including phenoxy) is 2. The summed E-state index contributed by atoms with van der Waals surface area (Å²) in [5, 5.41) is 0. The first-order chi connectivity index (χ1) is 6.99. The van der Waals surface area contributed by atoms with Gasteiger partial charge in [0.2, 0.25) is 5.88 Å². The topological polar surface area (TPSA) is 44.2 Å². The van der Waals surface area contributed by atoms with E-state index in [1.807, 2.05) is 20.8 Å².